The highest BCUT2D eigenvalue weighted by Gasteiger charge is 2.17. The normalized spacial score (nSPS) is 10.1. The van der Waals surface area contributed by atoms with Gasteiger partial charge in [-0.2, -0.15) is 0 Å². The molecule has 0 amide bonds. The molecule has 2 N–H and O–H groups in total. The van der Waals surface area contributed by atoms with Crippen molar-refractivity contribution >= 4 is 5.97 Å². The topological polar surface area (TPSA) is 92.4 Å². The van der Waals surface area contributed by atoms with Gasteiger partial charge in [0.05, 0.1) is 0 Å². The molecule has 2 aromatic rings. The van der Waals surface area contributed by atoms with Crippen molar-refractivity contribution in [2.75, 3.05) is 0 Å². The van der Waals surface area contributed by atoms with Crippen LogP contribution in [0, 0.1) is 0 Å². The van der Waals surface area contributed by atoms with E-state index in [0.29, 0.717) is 5.82 Å². The minimum Gasteiger partial charge on any atom is -0.507 e. The first-order valence-corrected chi connectivity index (χ1v) is 4.70. The molecule has 0 aliphatic heterocycles. The molecule has 2 heterocycles. The molecule has 0 saturated heterocycles. The highest BCUT2D eigenvalue weighted by Crippen LogP contribution is 2.12. The van der Waals surface area contributed by atoms with E-state index in [0.717, 1.165) is 10.6 Å². The first kappa shape index (κ1) is 10.9. The molecule has 6 heteroatoms. The third kappa shape index (κ3) is 1.87. The second kappa shape index (κ2) is 4.09. The van der Waals surface area contributed by atoms with Gasteiger partial charge in [-0.25, -0.2) is 9.78 Å². The Labute approximate surface area is 95.4 Å². The Balaban J connectivity index is 2.71. The molecule has 2 rings (SSSR count). The molecule has 0 aromatic carbocycles. The predicted octanol–water partition coefficient (Wildman–Crippen LogP) is 0.636. The van der Waals surface area contributed by atoms with Crippen LogP contribution in [0.15, 0.2) is 41.5 Å². The highest BCUT2D eigenvalue weighted by atomic mass is 16.4. The summed E-state index contributed by atoms with van der Waals surface area (Å²) >= 11 is 0. The maximum Gasteiger partial charge on any atom is 0.345 e. The average Bonchev–Trinajstić information content (AvgIpc) is 2.30. The lowest BCUT2D eigenvalue weighted by Crippen LogP contribution is -2.25. The lowest BCUT2D eigenvalue weighted by molar-refractivity contribution is 0.0691. The van der Waals surface area contributed by atoms with E-state index in [-0.39, 0.29) is 0 Å². The molecule has 0 radical (unpaired) electrons. The van der Waals surface area contributed by atoms with Crippen molar-refractivity contribution in [2.24, 2.45) is 0 Å². The van der Waals surface area contributed by atoms with E-state index < -0.39 is 22.8 Å². The summed E-state index contributed by atoms with van der Waals surface area (Å²) in [6.07, 6.45) is 2.75. The maximum absolute atomic E-state index is 11.8. The van der Waals surface area contributed by atoms with Gasteiger partial charge in [0.1, 0.15) is 11.6 Å². The number of aromatic hydroxyl groups is 1. The van der Waals surface area contributed by atoms with E-state index in [4.69, 9.17) is 5.11 Å². The minimum absolute atomic E-state index is 0.292. The van der Waals surface area contributed by atoms with Gasteiger partial charge < -0.3 is 10.2 Å². The second-order valence-corrected chi connectivity index (χ2v) is 3.24. The van der Waals surface area contributed by atoms with Crippen LogP contribution in [0.2, 0.25) is 0 Å². The van der Waals surface area contributed by atoms with Crippen LogP contribution < -0.4 is 5.56 Å². The van der Waals surface area contributed by atoms with Crippen molar-refractivity contribution in [2.45, 2.75) is 0 Å². The Kier molecular flexibility index (Phi) is 2.61. The third-order valence-corrected chi connectivity index (χ3v) is 2.18. The van der Waals surface area contributed by atoms with Gasteiger partial charge in [-0.15, -0.1) is 0 Å². The van der Waals surface area contributed by atoms with Gasteiger partial charge in [-0.1, -0.05) is 6.07 Å². The molecule has 0 atom stereocenters. The summed E-state index contributed by atoms with van der Waals surface area (Å²) in [5.41, 5.74) is -1.49. The van der Waals surface area contributed by atoms with Crippen LogP contribution in [-0.4, -0.2) is 25.7 Å². The zero-order valence-electron chi connectivity index (χ0n) is 8.57. The second-order valence-electron chi connectivity index (χ2n) is 3.24. The molecule has 0 unspecified atom stereocenters. The molecule has 0 aliphatic carbocycles. The van der Waals surface area contributed by atoms with Crippen LogP contribution in [0.4, 0.5) is 0 Å². The van der Waals surface area contributed by atoms with E-state index in [1.807, 2.05) is 0 Å². The van der Waals surface area contributed by atoms with Gasteiger partial charge in [-0.3, -0.25) is 9.36 Å². The van der Waals surface area contributed by atoms with E-state index in [1.54, 1.807) is 18.2 Å². The molecule has 6 nitrogen and oxygen atoms in total. The molecule has 0 aliphatic rings. The largest absolute Gasteiger partial charge is 0.507 e. The fourth-order valence-electron chi connectivity index (χ4n) is 1.40. The van der Waals surface area contributed by atoms with Crippen molar-refractivity contribution in [3.8, 4) is 11.6 Å². The number of carbonyl (C=O) groups is 1. The van der Waals surface area contributed by atoms with Crippen molar-refractivity contribution < 1.29 is 15.0 Å². The lowest BCUT2D eigenvalue weighted by Gasteiger charge is -2.06. The number of aromatic carboxylic acids is 1. The number of carboxylic acid groups (broad SMARTS) is 1. The van der Waals surface area contributed by atoms with Crippen LogP contribution in [0.1, 0.15) is 10.4 Å². The standard InChI is InChI=1S/C11H8N2O4/c14-7-4-6-13(8-3-1-2-5-12-8)10(15)9(7)11(16)17/h1-6,14H,(H,16,17). The zero-order chi connectivity index (χ0) is 12.4. The van der Waals surface area contributed by atoms with Gasteiger partial charge >= 0.3 is 5.97 Å². The summed E-state index contributed by atoms with van der Waals surface area (Å²) in [6, 6.07) is 6.04. The zero-order valence-corrected chi connectivity index (χ0v) is 8.57. The summed E-state index contributed by atoms with van der Waals surface area (Å²) in [5.74, 6) is -1.74. The molecule has 17 heavy (non-hydrogen) atoms. The molecule has 0 fully saturated rings. The number of hydrogen-bond acceptors (Lipinski definition) is 4. The minimum atomic E-state index is -1.47. The first-order valence-electron chi connectivity index (χ1n) is 4.70. The molecular weight excluding hydrogens is 224 g/mol. The quantitative estimate of drug-likeness (QED) is 0.792. The predicted molar refractivity (Wildman–Crippen MR) is 58.5 cm³/mol. The summed E-state index contributed by atoms with van der Waals surface area (Å²) in [5, 5.41) is 18.1. The van der Waals surface area contributed by atoms with Crippen LogP contribution in [-0.2, 0) is 0 Å². The summed E-state index contributed by atoms with van der Waals surface area (Å²) < 4.78 is 1.06. The monoisotopic (exact) mass is 232 g/mol. The number of carboxylic acids is 1. The third-order valence-electron chi connectivity index (χ3n) is 2.18. The van der Waals surface area contributed by atoms with Crippen molar-refractivity contribution in [3.63, 3.8) is 0 Å². The van der Waals surface area contributed by atoms with E-state index in [2.05, 4.69) is 4.98 Å². The van der Waals surface area contributed by atoms with Crippen LogP contribution >= 0.6 is 0 Å². The Hall–Kier alpha value is -2.63. The fraction of sp³-hybridized carbons (Fsp3) is 0. The van der Waals surface area contributed by atoms with Crippen molar-refractivity contribution in [3.05, 3.63) is 52.6 Å². The molecule has 0 spiro atoms. The maximum atomic E-state index is 11.8. The lowest BCUT2D eigenvalue weighted by atomic mass is 10.2. The first-order chi connectivity index (χ1) is 8.11. The molecule has 86 valence electrons. The van der Waals surface area contributed by atoms with Crippen molar-refractivity contribution in [1.82, 2.24) is 9.55 Å². The summed E-state index contributed by atoms with van der Waals surface area (Å²) in [7, 11) is 0. The number of aromatic nitrogens is 2. The smallest absolute Gasteiger partial charge is 0.345 e. The SMILES string of the molecule is O=C(O)c1c(O)ccn(-c2ccccn2)c1=O. The molecule has 0 saturated carbocycles. The van der Waals surface area contributed by atoms with Crippen LogP contribution in [0.5, 0.6) is 5.75 Å². The number of hydrogen-bond donors (Lipinski definition) is 2. The Bertz CT molecular complexity index is 619. The van der Waals surface area contributed by atoms with Crippen LogP contribution in [0.25, 0.3) is 5.82 Å². The van der Waals surface area contributed by atoms with E-state index in [9.17, 15) is 14.7 Å². The van der Waals surface area contributed by atoms with E-state index >= 15 is 0 Å². The summed E-state index contributed by atoms with van der Waals surface area (Å²) in [4.78, 5) is 26.6. The summed E-state index contributed by atoms with van der Waals surface area (Å²) in [6.45, 7) is 0. The molecular formula is C11H8N2O4. The molecule has 0 bridgehead atoms. The molecule has 2 aromatic heterocycles. The number of pyridine rings is 2. The van der Waals surface area contributed by atoms with Gasteiger partial charge in [0.2, 0.25) is 0 Å². The van der Waals surface area contributed by atoms with Crippen molar-refractivity contribution in [1.29, 1.82) is 0 Å². The van der Waals surface area contributed by atoms with E-state index in [1.165, 1.54) is 12.4 Å². The number of rotatable bonds is 2. The fourth-order valence-corrected chi connectivity index (χ4v) is 1.40. The average molecular weight is 232 g/mol. The van der Waals surface area contributed by atoms with Gasteiger partial charge in [0, 0.05) is 12.4 Å². The number of nitrogens with zero attached hydrogens (tertiary/aromatic N) is 2. The Morgan fingerprint density at radius 1 is 1.29 bits per heavy atom. The van der Waals surface area contributed by atoms with Crippen LogP contribution in [0.3, 0.4) is 0 Å². The van der Waals surface area contributed by atoms with Gasteiger partial charge in [0.15, 0.2) is 5.56 Å². The van der Waals surface area contributed by atoms with Gasteiger partial charge in [-0.05, 0) is 18.2 Å². The van der Waals surface area contributed by atoms with Gasteiger partial charge in [0.25, 0.3) is 5.56 Å². The Morgan fingerprint density at radius 3 is 2.65 bits per heavy atom. The Morgan fingerprint density at radius 2 is 2.06 bits per heavy atom. The highest BCUT2D eigenvalue weighted by molar-refractivity contribution is 5.90.